The molecule has 0 spiro atoms. The Labute approximate surface area is 230 Å². The number of para-hydroxylation sites is 2. The van der Waals surface area contributed by atoms with Crippen molar-refractivity contribution < 1.29 is 34.8 Å². The third-order valence-corrected chi connectivity index (χ3v) is 5.92. The van der Waals surface area contributed by atoms with Crippen molar-refractivity contribution in [2.24, 2.45) is 0 Å². The standard InChI is InChI=1S/C26H20N8O7/c1-2-27-24(37)13-9-16(18-11-33(31-29-18)20-7-3-5-14(22(20)35)25(38)39)28-17(10-13)19-12-34(32-30-19)21-8-4-6-15(23(21)36)26(40)41/h3-12,35-36H,2H2,1H3,(H,27,37)(H,38,39)(H,40,41). The fourth-order valence-corrected chi connectivity index (χ4v) is 3.96. The Balaban J connectivity index is 1.58. The predicted molar refractivity (Wildman–Crippen MR) is 140 cm³/mol. The minimum Gasteiger partial charge on any atom is -0.505 e. The van der Waals surface area contributed by atoms with E-state index in [2.05, 4.69) is 30.9 Å². The molecule has 41 heavy (non-hydrogen) atoms. The maximum absolute atomic E-state index is 12.8. The van der Waals surface area contributed by atoms with E-state index in [9.17, 15) is 34.8 Å². The van der Waals surface area contributed by atoms with Crippen molar-refractivity contribution in [3.63, 3.8) is 0 Å². The normalized spacial score (nSPS) is 10.9. The second-order valence-corrected chi connectivity index (χ2v) is 8.54. The first-order valence-electron chi connectivity index (χ1n) is 11.9. The van der Waals surface area contributed by atoms with Crippen LogP contribution < -0.4 is 5.32 Å². The highest BCUT2D eigenvalue weighted by atomic mass is 16.4. The molecule has 0 saturated heterocycles. The van der Waals surface area contributed by atoms with Crippen LogP contribution in [0, 0.1) is 0 Å². The molecule has 0 unspecified atom stereocenters. The second-order valence-electron chi connectivity index (χ2n) is 8.54. The molecular weight excluding hydrogens is 536 g/mol. The summed E-state index contributed by atoms with van der Waals surface area (Å²) in [5.41, 5.74) is 0.492. The van der Waals surface area contributed by atoms with Crippen LogP contribution in [-0.4, -0.2) is 79.8 Å². The first kappa shape index (κ1) is 26.5. The molecule has 15 nitrogen and oxygen atoms in total. The van der Waals surface area contributed by atoms with Gasteiger partial charge in [-0.05, 0) is 43.3 Å². The van der Waals surface area contributed by atoms with Gasteiger partial charge in [-0.3, -0.25) is 4.79 Å². The van der Waals surface area contributed by atoms with E-state index in [1.165, 1.54) is 70.3 Å². The summed E-state index contributed by atoms with van der Waals surface area (Å²) in [4.78, 5) is 40.1. The van der Waals surface area contributed by atoms with Crippen molar-refractivity contribution in [2.45, 2.75) is 6.92 Å². The molecule has 0 fully saturated rings. The number of aromatic hydroxyl groups is 2. The number of pyridine rings is 1. The van der Waals surface area contributed by atoms with Crippen molar-refractivity contribution in [3.8, 4) is 45.6 Å². The van der Waals surface area contributed by atoms with Crippen molar-refractivity contribution in [3.05, 3.63) is 77.6 Å². The lowest BCUT2D eigenvalue weighted by Gasteiger charge is -2.07. The van der Waals surface area contributed by atoms with Gasteiger partial charge in [0.2, 0.25) is 0 Å². The molecule has 3 heterocycles. The molecule has 5 rings (SSSR count). The Hall–Kier alpha value is -6.12. The third kappa shape index (κ3) is 5.01. The predicted octanol–water partition coefficient (Wildman–Crippen LogP) is 2.13. The highest BCUT2D eigenvalue weighted by Gasteiger charge is 2.20. The van der Waals surface area contributed by atoms with Gasteiger partial charge in [0.25, 0.3) is 5.91 Å². The van der Waals surface area contributed by atoms with Crippen molar-refractivity contribution >= 4 is 17.8 Å². The Kier molecular flexibility index (Phi) is 6.82. The molecule has 0 bridgehead atoms. The van der Waals surface area contributed by atoms with Crippen LogP contribution in [0.15, 0.2) is 60.9 Å². The lowest BCUT2D eigenvalue weighted by molar-refractivity contribution is 0.0682. The zero-order valence-electron chi connectivity index (χ0n) is 21.1. The number of nitrogens with one attached hydrogen (secondary N) is 1. The summed E-state index contributed by atoms with van der Waals surface area (Å²) in [6.07, 6.45) is 2.81. The van der Waals surface area contributed by atoms with E-state index in [1.807, 2.05) is 0 Å². The number of carbonyl (C=O) groups is 3. The van der Waals surface area contributed by atoms with Crippen LogP contribution in [0.1, 0.15) is 38.0 Å². The van der Waals surface area contributed by atoms with Gasteiger partial charge in [0, 0.05) is 12.1 Å². The van der Waals surface area contributed by atoms with E-state index >= 15 is 0 Å². The molecule has 0 atom stereocenters. The number of carboxylic acids is 2. The molecule has 15 heteroatoms. The molecule has 1 amide bonds. The molecule has 3 aromatic heterocycles. The van der Waals surface area contributed by atoms with Crippen LogP contribution >= 0.6 is 0 Å². The molecule has 0 saturated carbocycles. The summed E-state index contributed by atoms with van der Waals surface area (Å²) in [7, 11) is 0. The SMILES string of the molecule is CCNC(=O)c1cc(-c2cn(-c3cccc(C(=O)O)c3O)nn2)nc(-c2cn(-c3cccc(C(=O)O)c3O)nn2)c1. The largest absolute Gasteiger partial charge is 0.505 e. The van der Waals surface area contributed by atoms with E-state index in [1.54, 1.807) is 6.92 Å². The van der Waals surface area contributed by atoms with Gasteiger partial charge in [-0.2, -0.15) is 0 Å². The summed E-state index contributed by atoms with van der Waals surface area (Å²) >= 11 is 0. The van der Waals surface area contributed by atoms with Gasteiger partial charge in [0.15, 0.2) is 11.5 Å². The van der Waals surface area contributed by atoms with E-state index in [4.69, 9.17) is 0 Å². The number of phenols is 2. The number of aromatic nitrogens is 7. The molecular formula is C26H20N8O7. The Morgan fingerprint density at radius 1 is 0.756 bits per heavy atom. The van der Waals surface area contributed by atoms with Crippen LogP contribution in [0.3, 0.4) is 0 Å². The lowest BCUT2D eigenvalue weighted by Crippen LogP contribution is -2.22. The average Bonchev–Trinajstić information content (AvgIpc) is 3.64. The zero-order valence-corrected chi connectivity index (χ0v) is 21.1. The minimum absolute atomic E-state index is 0.0649. The van der Waals surface area contributed by atoms with Gasteiger partial charge >= 0.3 is 11.9 Å². The van der Waals surface area contributed by atoms with Gasteiger partial charge in [-0.1, -0.05) is 22.6 Å². The van der Waals surface area contributed by atoms with E-state index < -0.39 is 29.3 Å². The third-order valence-electron chi connectivity index (χ3n) is 5.92. The Morgan fingerprint density at radius 2 is 1.22 bits per heavy atom. The smallest absolute Gasteiger partial charge is 0.339 e. The first-order chi connectivity index (χ1) is 19.7. The van der Waals surface area contributed by atoms with Crippen molar-refractivity contribution in [1.29, 1.82) is 0 Å². The van der Waals surface area contributed by atoms with Crippen molar-refractivity contribution in [2.75, 3.05) is 6.54 Å². The molecule has 0 aliphatic heterocycles. The van der Waals surface area contributed by atoms with Crippen LogP contribution in [0.2, 0.25) is 0 Å². The van der Waals surface area contributed by atoms with Gasteiger partial charge < -0.3 is 25.7 Å². The molecule has 206 valence electrons. The second kappa shape index (κ2) is 10.6. The molecule has 0 aliphatic rings. The number of benzene rings is 2. The number of hydrogen-bond acceptors (Lipinski definition) is 10. The highest BCUT2D eigenvalue weighted by Crippen LogP contribution is 2.29. The molecule has 5 N–H and O–H groups in total. The first-order valence-corrected chi connectivity index (χ1v) is 11.9. The molecule has 2 aromatic carbocycles. The average molecular weight is 556 g/mol. The quantitative estimate of drug-likeness (QED) is 0.186. The number of carboxylic acid groups (broad SMARTS) is 2. The summed E-state index contributed by atoms with van der Waals surface area (Å²) in [5.74, 6) is -4.06. The van der Waals surface area contributed by atoms with E-state index in [0.717, 1.165) is 0 Å². The lowest BCUT2D eigenvalue weighted by atomic mass is 10.1. The maximum Gasteiger partial charge on any atom is 0.339 e. The van der Waals surface area contributed by atoms with Crippen LogP contribution in [-0.2, 0) is 0 Å². The van der Waals surface area contributed by atoms with Crippen LogP contribution in [0.4, 0.5) is 0 Å². The molecule has 5 aromatic rings. The number of amides is 1. The van der Waals surface area contributed by atoms with Crippen LogP contribution in [0.5, 0.6) is 11.5 Å². The molecule has 0 aliphatic carbocycles. The number of hydrogen-bond donors (Lipinski definition) is 5. The van der Waals surface area contributed by atoms with Gasteiger partial charge in [-0.25, -0.2) is 23.9 Å². The Morgan fingerprint density at radius 3 is 1.63 bits per heavy atom. The fourth-order valence-electron chi connectivity index (χ4n) is 3.96. The summed E-state index contributed by atoms with van der Waals surface area (Å²) in [6.45, 7) is 2.12. The van der Waals surface area contributed by atoms with Gasteiger partial charge in [-0.15, -0.1) is 10.2 Å². The van der Waals surface area contributed by atoms with Gasteiger partial charge in [0.05, 0.1) is 23.8 Å². The van der Waals surface area contributed by atoms with E-state index in [-0.39, 0.29) is 50.8 Å². The molecule has 0 radical (unpaired) electrons. The zero-order chi connectivity index (χ0) is 29.3. The van der Waals surface area contributed by atoms with Crippen molar-refractivity contribution in [1.82, 2.24) is 40.3 Å². The minimum atomic E-state index is -1.32. The maximum atomic E-state index is 12.8. The fraction of sp³-hybridized carbons (Fsp3) is 0.0769. The monoisotopic (exact) mass is 556 g/mol. The highest BCUT2D eigenvalue weighted by molar-refractivity contribution is 5.96. The van der Waals surface area contributed by atoms with Crippen LogP contribution in [0.25, 0.3) is 34.2 Å². The topological polar surface area (TPSA) is 218 Å². The van der Waals surface area contributed by atoms with E-state index in [0.29, 0.717) is 6.54 Å². The number of nitrogens with zero attached hydrogens (tertiary/aromatic N) is 7. The number of rotatable bonds is 8. The number of aromatic carboxylic acids is 2. The van der Waals surface area contributed by atoms with Gasteiger partial charge in [0.1, 0.15) is 33.9 Å². The summed E-state index contributed by atoms with van der Waals surface area (Å²) < 4.78 is 2.34. The number of carbonyl (C=O) groups excluding carboxylic acids is 1. The Bertz CT molecular complexity index is 1710. The summed E-state index contributed by atoms with van der Waals surface area (Å²) in [6, 6.07) is 11.2. The summed E-state index contributed by atoms with van der Waals surface area (Å²) in [5, 5.41) is 58.3.